The largest absolute Gasteiger partial charge is 0.487 e. The lowest BCUT2D eigenvalue weighted by molar-refractivity contribution is -0.114. The number of hydrogen-bond acceptors (Lipinski definition) is 4. The van der Waals surface area contributed by atoms with Crippen LogP contribution in [0, 0.1) is 11.6 Å². The molecule has 37 heavy (non-hydrogen) atoms. The molecule has 3 aromatic carbocycles. The molecule has 5 aromatic rings. The molecule has 1 amide bonds. The van der Waals surface area contributed by atoms with Crippen molar-refractivity contribution in [1.82, 2.24) is 9.97 Å². The number of hydrogen-bond donors (Lipinski definition) is 1. The Bertz CT molecular complexity index is 1590. The smallest absolute Gasteiger partial charge is 0.221 e. The van der Waals surface area contributed by atoms with Crippen molar-refractivity contribution in [1.29, 1.82) is 0 Å². The summed E-state index contributed by atoms with van der Waals surface area (Å²) in [6.07, 6.45) is 3.68. The van der Waals surface area contributed by atoms with Crippen molar-refractivity contribution in [2.45, 2.75) is 20.0 Å². The van der Waals surface area contributed by atoms with Gasteiger partial charge in [0.1, 0.15) is 24.0 Å². The van der Waals surface area contributed by atoms with E-state index < -0.39 is 11.6 Å². The number of carbonyl (C=O) groups excluding carboxylic acids is 1. The van der Waals surface area contributed by atoms with Crippen LogP contribution >= 0.6 is 0 Å². The summed E-state index contributed by atoms with van der Waals surface area (Å²) in [5, 5.41) is 3.85. The first-order chi connectivity index (χ1) is 18.0. The molecular weight excluding hydrogens is 472 g/mol. The molecule has 7 heteroatoms. The van der Waals surface area contributed by atoms with Gasteiger partial charge in [-0.05, 0) is 59.7 Å². The number of rotatable bonds is 7. The van der Waals surface area contributed by atoms with Crippen LogP contribution in [0.5, 0.6) is 5.75 Å². The zero-order valence-electron chi connectivity index (χ0n) is 20.0. The average molecular weight is 496 g/mol. The van der Waals surface area contributed by atoms with Gasteiger partial charge in [0, 0.05) is 54.0 Å². The molecular formula is C30H23F2N3O2. The molecule has 0 aliphatic carbocycles. The van der Waals surface area contributed by atoms with Crippen molar-refractivity contribution in [3.05, 3.63) is 120 Å². The molecule has 5 rings (SSSR count). The molecule has 5 nitrogen and oxygen atoms in total. The number of carbonyl (C=O) groups is 1. The van der Waals surface area contributed by atoms with Gasteiger partial charge in [0.15, 0.2) is 0 Å². The molecule has 0 aliphatic heterocycles. The van der Waals surface area contributed by atoms with Crippen LogP contribution in [-0.4, -0.2) is 15.9 Å². The fourth-order valence-electron chi connectivity index (χ4n) is 4.27. The number of benzene rings is 3. The number of fused-ring (bicyclic) bond motifs is 1. The fraction of sp³-hybridized carbons (Fsp3) is 0.100. The molecule has 1 N–H and O–H groups in total. The van der Waals surface area contributed by atoms with Crippen LogP contribution in [0.4, 0.5) is 14.5 Å². The van der Waals surface area contributed by atoms with E-state index in [1.807, 2.05) is 48.5 Å². The first kappa shape index (κ1) is 24.1. The standard InChI is InChI=1S/C30H23F2N3O2/c1-19(36)34-28-10-11-29(37-18-23-8-6-21-4-2-3-5-27(21)35-23)30(24-9-7-22(31)17-26(24)32)25(28)16-20-12-14-33-15-13-20/h2-15,17H,16,18H2,1H3,(H,34,36). The van der Waals surface area contributed by atoms with Crippen LogP contribution < -0.4 is 10.1 Å². The first-order valence-corrected chi connectivity index (χ1v) is 11.7. The minimum absolute atomic E-state index is 0.134. The maximum Gasteiger partial charge on any atom is 0.221 e. The van der Waals surface area contributed by atoms with Gasteiger partial charge in [-0.15, -0.1) is 0 Å². The lowest BCUT2D eigenvalue weighted by Crippen LogP contribution is -2.11. The van der Waals surface area contributed by atoms with Gasteiger partial charge >= 0.3 is 0 Å². The van der Waals surface area contributed by atoms with E-state index in [1.165, 1.54) is 19.1 Å². The lowest BCUT2D eigenvalue weighted by Gasteiger charge is -2.20. The third-order valence-electron chi connectivity index (χ3n) is 5.95. The number of anilines is 1. The second kappa shape index (κ2) is 10.5. The number of ether oxygens (including phenoxy) is 1. The minimum atomic E-state index is -0.732. The summed E-state index contributed by atoms with van der Waals surface area (Å²) in [4.78, 5) is 20.7. The highest BCUT2D eigenvalue weighted by Crippen LogP contribution is 2.40. The van der Waals surface area contributed by atoms with Gasteiger partial charge in [0.25, 0.3) is 0 Å². The van der Waals surface area contributed by atoms with Crippen LogP contribution in [-0.2, 0) is 17.8 Å². The summed E-state index contributed by atoms with van der Waals surface area (Å²) >= 11 is 0. The highest BCUT2D eigenvalue weighted by atomic mass is 19.1. The number of amides is 1. The maximum atomic E-state index is 15.2. The molecule has 0 aliphatic rings. The molecule has 0 fully saturated rings. The Morgan fingerprint density at radius 1 is 0.946 bits per heavy atom. The van der Waals surface area contributed by atoms with Crippen molar-refractivity contribution in [2.75, 3.05) is 5.32 Å². The Kier molecular flexibility index (Phi) is 6.85. The van der Waals surface area contributed by atoms with E-state index in [-0.39, 0.29) is 18.1 Å². The van der Waals surface area contributed by atoms with E-state index in [4.69, 9.17) is 4.74 Å². The number of aromatic nitrogens is 2. The van der Waals surface area contributed by atoms with Crippen molar-refractivity contribution >= 4 is 22.5 Å². The van der Waals surface area contributed by atoms with Gasteiger partial charge in [-0.25, -0.2) is 13.8 Å². The van der Waals surface area contributed by atoms with Gasteiger partial charge in [-0.3, -0.25) is 9.78 Å². The quantitative estimate of drug-likeness (QED) is 0.273. The van der Waals surface area contributed by atoms with E-state index in [2.05, 4.69) is 15.3 Å². The van der Waals surface area contributed by atoms with Crippen molar-refractivity contribution in [2.24, 2.45) is 0 Å². The van der Waals surface area contributed by atoms with E-state index in [0.29, 0.717) is 34.7 Å². The lowest BCUT2D eigenvalue weighted by atomic mass is 9.92. The molecule has 0 saturated carbocycles. The van der Waals surface area contributed by atoms with Crippen molar-refractivity contribution in [3.63, 3.8) is 0 Å². The van der Waals surface area contributed by atoms with E-state index >= 15 is 4.39 Å². The van der Waals surface area contributed by atoms with Crippen molar-refractivity contribution < 1.29 is 18.3 Å². The van der Waals surface area contributed by atoms with E-state index in [9.17, 15) is 9.18 Å². The second-order valence-electron chi connectivity index (χ2n) is 8.59. The van der Waals surface area contributed by atoms with Gasteiger partial charge in [0.05, 0.1) is 11.2 Å². The topological polar surface area (TPSA) is 64.1 Å². The van der Waals surface area contributed by atoms with Crippen molar-refractivity contribution in [3.8, 4) is 16.9 Å². The normalized spacial score (nSPS) is 10.9. The second-order valence-corrected chi connectivity index (χ2v) is 8.59. The molecule has 0 spiro atoms. The summed E-state index contributed by atoms with van der Waals surface area (Å²) < 4.78 is 35.2. The Labute approximate surface area is 212 Å². The number of pyridine rings is 2. The molecule has 0 saturated heterocycles. The summed E-state index contributed by atoms with van der Waals surface area (Å²) in [7, 11) is 0. The SMILES string of the molecule is CC(=O)Nc1ccc(OCc2ccc3ccccc3n2)c(-c2ccc(F)cc2F)c1Cc1ccncc1. The molecule has 184 valence electrons. The van der Waals surface area contributed by atoms with Gasteiger partial charge < -0.3 is 10.1 Å². The monoisotopic (exact) mass is 495 g/mol. The van der Waals surface area contributed by atoms with Crippen LogP contribution in [0.1, 0.15) is 23.7 Å². The minimum Gasteiger partial charge on any atom is -0.487 e. The van der Waals surface area contributed by atoms with Crippen LogP contribution in [0.2, 0.25) is 0 Å². The summed E-state index contributed by atoms with van der Waals surface area (Å²) in [6.45, 7) is 1.54. The molecule has 0 atom stereocenters. The Morgan fingerprint density at radius 3 is 2.54 bits per heavy atom. The highest BCUT2D eigenvalue weighted by molar-refractivity contribution is 5.92. The predicted molar refractivity (Wildman–Crippen MR) is 139 cm³/mol. The molecule has 0 unspecified atom stereocenters. The van der Waals surface area contributed by atoms with E-state index in [1.54, 1.807) is 24.5 Å². The molecule has 0 radical (unpaired) electrons. The van der Waals surface area contributed by atoms with Crippen LogP contribution in [0.15, 0.2) is 91.3 Å². The summed E-state index contributed by atoms with van der Waals surface area (Å²) in [6, 6.07) is 22.1. The van der Waals surface area contributed by atoms with Gasteiger partial charge in [-0.1, -0.05) is 24.3 Å². The third-order valence-corrected chi connectivity index (χ3v) is 5.95. The fourth-order valence-corrected chi connectivity index (χ4v) is 4.27. The average Bonchev–Trinajstić information content (AvgIpc) is 2.89. The van der Waals surface area contributed by atoms with Crippen LogP contribution in [0.25, 0.3) is 22.0 Å². The Morgan fingerprint density at radius 2 is 1.76 bits per heavy atom. The Balaban J connectivity index is 1.62. The zero-order valence-corrected chi connectivity index (χ0v) is 20.0. The number of halogens is 2. The van der Waals surface area contributed by atoms with Gasteiger partial charge in [-0.2, -0.15) is 0 Å². The number of para-hydroxylation sites is 1. The molecule has 2 heterocycles. The Hall–Kier alpha value is -4.65. The first-order valence-electron chi connectivity index (χ1n) is 11.7. The highest BCUT2D eigenvalue weighted by Gasteiger charge is 2.21. The van der Waals surface area contributed by atoms with Crippen LogP contribution in [0.3, 0.4) is 0 Å². The predicted octanol–water partition coefficient (Wildman–Crippen LogP) is 6.70. The number of nitrogens with zero attached hydrogens (tertiary/aromatic N) is 2. The maximum absolute atomic E-state index is 15.2. The summed E-state index contributed by atoms with van der Waals surface area (Å²) in [5.41, 5.74) is 4.19. The molecule has 0 bridgehead atoms. The molecule has 2 aromatic heterocycles. The summed E-state index contributed by atoms with van der Waals surface area (Å²) in [5.74, 6) is -1.29. The zero-order chi connectivity index (χ0) is 25.8. The van der Waals surface area contributed by atoms with Gasteiger partial charge in [0.2, 0.25) is 5.91 Å². The number of nitrogens with one attached hydrogen (secondary N) is 1. The third kappa shape index (κ3) is 5.46. The van der Waals surface area contributed by atoms with E-state index in [0.717, 1.165) is 22.5 Å².